The van der Waals surface area contributed by atoms with Crippen molar-refractivity contribution in [2.24, 2.45) is 5.92 Å². The Balaban J connectivity index is 2.76. The monoisotopic (exact) mass is 272 g/mol. The predicted molar refractivity (Wildman–Crippen MR) is 72.3 cm³/mol. The summed E-state index contributed by atoms with van der Waals surface area (Å²) in [5.41, 5.74) is 6.76. The van der Waals surface area contributed by atoms with E-state index >= 15 is 0 Å². The topological polar surface area (TPSA) is 92.4 Å². The number of sulfonamides is 1. The van der Waals surface area contributed by atoms with Gasteiger partial charge >= 0.3 is 0 Å². The summed E-state index contributed by atoms with van der Waals surface area (Å²) in [6, 6.07) is 6.29. The molecule has 0 aliphatic heterocycles. The van der Waals surface area contributed by atoms with Crippen molar-refractivity contribution in [3.63, 3.8) is 0 Å². The maximum atomic E-state index is 11.9. The van der Waals surface area contributed by atoms with Gasteiger partial charge in [-0.3, -0.25) is 0 Å². The molecule has 1 aromatic rings. The molecule has 0 amide bonds. The molecule has 1 atom stereocenters. The third kappa shape index (κ3) is 4.64. The Morgan fingerprint density at radius 3 is 2.56 bits per heavy atom. The van der Waals surface area contributed by atoms with Crippen LogP contribution >= 0.6 is 0 Å². The van der Waals surface area contributed by atoms with Gasteiger partial charge in [-0.2, -0.15) is 0 Å². The number of hydrogen-bond acceptors (Lipinski definition) is 4. The highest BCUT2D eigenvalue weighted by Gasteiger charge is 2.20. The van der Waals surface area contributed by atoms with Crippen molar-refractivity contribution in [1.82, 2.24) is 4.72 Å². The number of aliphatic hydroxyl groups is 1. The van der Waals surface area contributed by atoms with Crippen LogP contribution in [0.1, 0.15) is 19.4 Å². The Hall–Kier alpha value is -1.11. The summed E-state index contributed by atoms with van der Waals surface area (Å²) < 4.78 is 26.3. The molecule has 0 bridgehead atoms. The summed E-state index contributed by atoms with van der Waals surface area (Å²) in [5.74, 6) is -0.105. The van der Waals surface area contributed by atoms with E-state index in [-0.39, 0.29) is 18.3 Å². The Morgan fingerprint density at radius 1 is 1.39 bits per heavy atom. The van der Waals surface area contributed by atoms with Crippen LogP contribution in [0.2, 0.25) is 0 Å². The molecular weight excluding hydrogens is 252 g/mol. The second-order valence-electron chi connectivity index (χ2n) is 4.66. The van der Waals surface area contributed by atoms with Gasteiger partial charge in [0.2, 0.25) is 10.0 Å². The molecule has 18 heavy (non-hydrogen) atoms. The fourth-order valence-corrected chi connectivity index (χ4v) is 3.07. The first-order valence-corrected chi connectivity index (χ1v) is 7.44. The molecule has 0 fully saturated rings. The van der Waals surface area contributed by atoms with Crippen LogP contribution in [0.4, 0.5) is 5.69 Å². The van der Waals surface area contributed by atoms with Gasteiger partial charge in [0.1, 0.15) is 0 Å². The summed E-state index contributed by atoms with van der Waals surface area (Å²) >= 11 is 0. The lowest BCUT2D eigenvalue weighted by Crippen LogP contribution is -2.41. The van der Waals surface area contributed by atoms with Crippen LogP contribution in [0.5, 0.6) is 0 Å². The summed E-state index contributed by atoms with van der Waals surface area (Å²) in [6.07, 6.45) is 0. The first-order valence-electron chi connectivity index (χ1n) is 5.79. The number of nitrogen functional groups attached to an aromatic ring is 1. The van der Waals surface area contributed by atoms with Gasteiger partial charge in [-0.25, -0.2) is 13.1 Å². The molecule has 6 heteroatoms. The lowest BCUT2D eigenvalue weighted by Gasteiger charge is -2.19. The molecule has 0 radical (unpaired) electrons. The Morgan fingerprint density at radius 2 is 2.06 bits per heavy atom. The molecule has 102 valence electrons. The fourth-order valence-electron chi connectivity index (χ4n) is 1.56. The SMILES string of the molecule is CC(C)[C@@H](CO)NS(=O)(=O)Cc1cccc(N)c1. The summed E-state index contributed by atoms with van der Waals surface area (Å²) in [7, 11) is -3.47. The number of hydrogen-bond donors (Lipinski definition) is 3. The van der Waals surface area contributed by atoms with Crippen molar-refractivity contribution in [2.75, 3.05) is 12.3 Å². The van der Waals surface area contributed by atoms with Crippen LogP contribution in [0, 0.1) is 5.92 Å². The van der Waals surface area contributed by atoms with Crippen LogP contribution in [-0.2, 0) is 15.8 Å². The molecule has 0 heterocycles. The van der Waals surface area contributed by atoms with Gasteiger partial charge in [-0.1, -0.05) is 26.0 Å². The van der Waals surface area contributed by atoms with Crippen LogP contribution in [0.15, 0.2) is 24.3 Å². The molecule has 1 aromatic carbocycles. The van der Waals surface area contributed by atoms with Gasteiger partial charge in [0, 0.05) is 11.7 Å². The predicted octanol–water partition coefficient (Wildman–Crippen LogP) is 0.705. The lowest BCUT2D eigenvalue weighted by atomic mass is 10.1. The summed E-state index contributed by atoms with van der Waals surface area (Å²) in [5, 5.41) is 9.12. The third-order valence-electron chi connectivity index (χ3n) is 2.64. The Bertz CT molecular complexity index is 486. The minimum absolute atomic E-state index is 0.0330. The van der Waals surface area contributed by atoms with E-state index in [4.69, 9.17) is 10.8 Å². The van der Waals surface area contributed by atoms with Crippen molar-refractivity contribution >= 4 is 15.7 Å². The van der Waals surface area contributed by atoms with Gasteiger partial charge in [0.15, 0.2) is 0 Å². The maximum Gasteiger partial charge on any atom is 0.216 e. The first-order chi connectivity index (χ1) is 8.34. The van der Waals surface area contributed by atoms with E-state index in [1.165, 1.54) is 0 Å². The second-order valence-corrected chi connectivity index (χ2v) is 6.41. The van der Waals surface area contributed by atoms with Gasteiger partial charge in [-0.15, -0.1) is 0 Å². The normalized spacial score (nSPS) is 13.8. The van der Waals surface area contributed by atoms with E-state index in [1.54, 1.807) is 24.3 Å². The zero-order valence-electron chi connectivity index (χ0n) is 10.6. The Labute approximate surface area is 108 Å². The minimum atomic E-state index is -3.47. The van der Waals surface area contributed by atoms with Crippen molar-refractivity contribution < 1.29 is 13.5 Å². The molecule has 0 spiro atoms. The van der Waals surface area contributed by atoms with Gasteiger partial charge in [0.25, 0.3) is 0 Å². The highest BCUT2D eigenvalue weighted by atomic mass is 32.2. The van der Waals surface area contributed by atoms with E-state index in [1.807, 2.05) is 13.8 Å². The molecule has 0 aliphatic rings. The molecular formula is C12H20N2O3S. The highest BCUT2D eigenvalue weighted by molar-refractivity contribution is 7.88. The van der Waals surface area contributed by atoms with Crippen molar-refractivity contribution in [2.45, 2.75) is 25.6 Å². The Kier molecular flexibility index (Phi) is 5.13. The lowest BCUT2D eigenvalue weighted by molar-refractivity contribution is 0.227. The van der Waals surface area contributed by atoms with Crippen LogP contribution < -0.4 is 10.5 Å². The third-order valence-corrected chi connectivity index (χ3v) is 4.02. The molecule has 0 unspecified atom stereocenters. The van der Waals surface area contributed by atoms with Gasteiger partial charge in [-0.05, 0) is 23.6 Å². The minimum Gasteiger partial charge on any atom is -0.399 e. The fraction of sp³-hybridized carbons (Fsp3) is 0.500. The van der Waals surface area contributed by atoms with Crippen molar-refractivity contribution in [3.8, 4) is 0 Å². The van der Waals surface area contributed by atoms with E-state index in [0.29, 0.717) is 11.3 Å². The number of aliphatic hydroxyl groups excluding tert-OH is 1. The van der Waals surface area contributed by atoms with Crippen LogP contribution in [0.25, 0.3) is 0 Å². The number of nitrogens with two attached hydrogens (primary N) is 1. The van der Waals surface area contributed by atoms with E-state index < -0.39 is 16.1 Å². The zero-order valence-corrected chi connectivity index (χ0v) is 11.4. The first kappa shape index (κ1) is 14.9. The molecule has 0 aromatic heterocycles. The number of nitrogens with one attached hydrogen (secondary N) is 1. The average Bonchev–Trinajstić information content (AvgIpc) is 2.25. The summed E-state index contributed by atoms with van der Waals surface area (Å²) in [4.78, 5) is 0. The molecule has 1 rings (SSSR count). The maximum absolute atomic E-state index is 11.9. The smallest absolute Gasteiger partial charge is 0.216 e. The second kappa shape index (κ2) is 6.17. The molecule has 5 nitrogen and oxygen atoms in total. The molecule has 4 N–H and O–H groups in total. The number of anilines is 1. The highest BCUT2D eigenvalue weighted by Crippen LogP contribution is 2.11. The van der Waals surface area contributed by atoms with Crippen molar-refractivity contribution in [3.05, 3.63) is 29.8 Å². The quantitative estimate of drug-likeness (QED) is 0.665. The molecule has 0 aliphatic carbocycles. The average molecular weight is 272 g/mol. The molecule has 0 saturated heterocycles. The van der Waals surface area contributed by atoms with Gasteiger partial charge in [0.05, 0.1) is 12.4 Å². The van der Waals surface area contributed by atoms with Crippen LogP contribution in [-0.4, -0.2) is 26.2 Å². The molecule has 0 saturated carbocycles. The standard InChI is InChI=1S/C12H20N2O3S/c1-9(2)12(7-15)14-18(16,17)8-10-4-3-5-11(13)6-10/h3-6,9,12,14-15H,7-8,13H2,1-2H3/t12-/m1/s1. The van der Waals surface area contributed by atoms with E-state index in [2.05, 4.69) is 4.72 Å². The van der Waals surface area contributed by atoms with Gasteiger partial charge < -0.3 is 10.8 Å². The van der Waals surface area contributed by atoms with E-state index in [0.717, 1.165) is 0 Å². The van der Waals surface area contributed by atoms with E-state index in [9.17, 15) is 8.42 Å². The number of benzene rings is 1. The zero-order chi connectivity index (χ0) is 13.8. The number of rotatable bonds is 6. The summed E-state index contributed by atoms with van der Waals surface area (Å²) in [6.45, 7) is 3.49. The van der Waals surface area contributed by atoms with Crippen molar-refractivity contribution in [1.29, 1.82) is 0 Å². The van der Waals surface area contributed by atoms with Crippen LogP contribution in [0.3, 0.4) is 0 Å². The largest absolute Gasteiger partial charge is 0.399 e.